The smallest absolute Gasteiger partial charge is 0.315 e. The highest BCUT2D eigenvalue weighted by Gasteiger charge is 2.22. The Morgan fingerprint density at radius 3 is 2.54 bits per heavy atom. The first-order chi connectivity index (χ1) is 12.0. The normalized spacial score (nSPS) is 17.2. The predicted octanol–water partition coefficient (Wildman–Crippen LogP) is 1.75. The lowest BCUT2D eigenvalue weighted by molar-refractivity contribution is 0.199. The molecule has 0 saturated carbocycles. The van der Waals surface area contributed by atoms with Gasteiger partial charge in [-0.05, 0) is 12.8 Å². The number of nitrogens with one attached hydrogen (secondary N) is 2. The molecule has 1 fully saturated rings. The summed E-state index contributed by atoms with van der Waals surface area (Å²) in [6.07, 6.45) is 2.93. The highest BCUT2D eigenvalue weighted by Crippen LogP contribution is 2.25. The van der Waals surface area contributed by atoms with Crippen molar-refractivity contribution in [1.29, 1.82) is 0 Å². The van der Waals surface area contributed by atoms with E-state index in [9.17, 15) is 13.2 Å². The van der Waals surface area contributed by atoms with E-state index in [1.807, 2.05) is 5.38 Å². The van der Waals surface area contributed by atoms with Crippen molar-refractivity contribution in [3.8, 4) is 0 Å². The summed E-state index contributed by atoms with van der Waals surface area (Å²) in [4.78, 5) is 18.8. The highest BCUT2D eigenvalue weighted by atomic mass is 32.2. The number of thiazole rings is 1. The summed E-state index contributed by atoms with van der Waals surface area (Å²) < 4.78 is 22.5. The molecule has 2 N–H and O–H groups in total. The molecular weight excluding hydrogens is 372 g/mol. The SMILES string of the molecule is CC(C)(C)c1nc(CNC(=O)NC2CCN(CCS(C)(=O)=O)CC2)cs1. The van der Waals surface area contributed by atoms with Crippen LogP contribution in [0.4, 0.5) is 4.79 Å². The Balaban J connectivity index is 1.68. The number of sulfone groups is 1. The molecule has 0 aliphatic carbocycles. The van der Waals surface area contributed by atoms with Gasteiger partial charge in [0.2, 0.25) is 0 Å². The van der Waals surface area contributed by atoms with E-state index < -0.39 is 9.84 Å². The molecular formula is C17H30N4O3S2. The van der Waals surface area contributed by atoms with Crippen LogP contribution in [-0.2, 0) is 21.8 Å². The summed E-state index contributed by atoms with van der Waals surface area (Å²) in [5, 5.41) is 8.92. The minimum atomic E-state index is -2.92. The maximum atomic E-state index is 12.1. The van der Waals surface area contributed by atoms with Crippen LogP contribution in [0.2, 0.25) is 0 Å². The number of nitrogens with zero attached hydrogens (tertiary/aromatic N) is 2. The van der Waals surface area contributed by atoms with Gasteiger partial charge in [0.15, 0.2) is 0 Å². The fourth-order valence-corrected chi connectivity index (χ4v) is 4.23. The molecule has 1 aromatic heterocycles. The molecule has 1 aliphatic heterocycles. The van der Waals surface area contributed by atoms with E-state index in [1.165, 1.54) is 6.26 Å². The second-order valence-corrected chi connectivity index (χ2v) is 11.1. The van der Waals surface area contributed by atoms with E-state index in [-0.39, 0.29) is 23.2 Å². The summed E-state index contributed by atoms with van der Waals surface area (Å²) in [6.45, 7) is 8.97. The standard InChI is InChI=1S/C17H30N4O3S2/c1-17(2,3)15-19-14(12-25-15)11-18-16(22)20-13-5-7-21(8-6-13)9-10-26(4,23)24/h12-13H,5-11H2,1-4H3,(H2,18,20,22). The quantitative estimate of drug-likeness (QED) is 0.756. The topological polar surface area (TPSA) is 91.4 Å². The van der Waals surface area contributed by atoms with Gasteiger partial charge in [-0.1, -0.05) is 20.8 Å². The zero-order valence-corrected chi connectivity index (χ0v) is 17.7. The Bertz CT molecular complexity index is 702. The number of carbonyl (C=O) groups excluding carboxylic acids is 1. The summed E-state index contributed by atoms with van der Waals surface area (Å²) in [7, 11) is -2.92. The van der Waals surface area contributed by atoms with E-state index in [0.29, 0.717) is 13.1 Å². The molecule has 148 valence electrons. The van der Waals surface area contributed by atoms with Gasteiger partial charge in [0.25, 0.3) is 0 Å². The van der Waals surface area contributed by atoms with Gasteiger partial charge in [0, 0.05) is 42.7 Å². The van der Waals surface area contributed by atoms with Gasteiger partial charge in [-0.3, -0.25) is 0 Å². The summed E-state index contributed by atoms with van der Waals surface area (Å²) in [5.41, 5.74) is 0.904. The maximum Gasteiger partial charge on any atom is 0.315 e. The van der Waals surface area contributed by atoms with Gasteiger partial charge >= 0.3 is 6.03 Å². The van der Waals surface area contributed by atoms with Crippen LogP contribution < -0.4 is 10.6 Å². The Morgan fingerprint density at radius 2 is 2.00 bits per heavy atom. The number of rotatable bonds is 6. The molecule has 9 heteroatoms. The lowest BCUT2D eigenvalue weighted by atomic mass is 9.98. The molecule has 0 radical (unpaired) electrons. The molecule has 0 unspecified atom stereocenters. The van der Waals surface area contributed by atoms with Crippen molar-refractivity contribution in [3.05, 3.63) is 16.1 Å². The highest BCUT2D eigenvalue weighted by molar-refractivity contribution is 7.90. The number of urea groups is 1. The molecule has 2 heterocycles. The van der Waals surface area contributed by atoms with Crippen LogP contribution in [-0.4, -0.2) is 62.0 Å². The van der Waals surface area contributed by atoms with E-state index in [0.717, 1.165) is 36.6 Å². The predicted molar refractivity (Wildman–Crippen MR) is 105 cm³/mol. The van der Waals surface area contributed by atoms with Gasteiger partial charge in [0.1, 0.15) is 9.84 Å². The van der Waals surface area contributed by atoms with Crippen LogP contribution in [0.1, 0.15) is 44.3 Å². The largest absolute Gasteiger partial charge is 0.335 e. The van der Waals surface area contributed by atoms with Gasteiger partial charge in [-0.2, -0.15) is 0 Å². The van der Waals surface area contributed by atoms with Crippen molar-refractivity contribution in [2.75, 3.05) is 31.6 Å². The Hall–Kier alpha value is -1.19. The average molecular weight is 403 g/mol. The zero-order valence-electron chi connectivity index (χ0n) is 16.0. The number of likely N-dealkylation sites (tertiary alicyclic amines) is 1. The first-order valence-corrected chi connectivity index (χ1v) is 11.9. The van der Waals surface area contributed by atoms with Crippen molar-refractivity contribution in [1.82, 2.24) is 20.5 Å². The molecule has 0 atom stereocenters. The summed E-state index contributed by atoms with van der Waals surface area (Å²) >= 11 is 1.62. The van der Waals surface area contributed by atoms with Crippen LogP contribution in [0.5, 0.6) is 0 Å². The lowest BCUT2D eigenvalue weighted by Gasteiger charge is -2.32. The van der Waals surface area contributed by atoms with Crippen LogP contribution in [0.25, 0.3) is 0 Å². The number of hydrogen-bond donors (Lipinski definition) is 2. The van der Waals surface area contributed by atoms with Crippen LogP contribution in [0.15, 0.2) is 5.38 Å². The van der Waals surface area contributed by atoms with Gasteiger partial charge in [0.05, 0.1) is 23.0 Å². The fraction of sp³-hybridized carbons (Fsp3) is 0.765. The van der Waals surface area contributed by atoms with Crippen molar-refractivity contribution in [2.45, 2.75) is 51.6 Å². The maximum absolute atomic E-state index is 12.1. The Labute approximate surface area is 160 Å². The minimum Gasteiger partial charge on any atom is -0.335 e. The van der Waals surface area contributed by atoms with Crippen molar-refractivity contribution in [3.63, 3.8) is 0 Å². The third kappa shape index (κ3) is 7.20. The molecule has 7 nitrogen and oxygen atoms in total. The Morgan fingerprint density at radius 1 is 1.35 bits per heavy atom. The number of piperidine rings is 1. The molecule has 0 bridgehead atoms. The number of amides is 2. The van der Waals surface area contributed by atoms with E-state index >= 15 is 0 Å². The van der Waals surface area contributed by atoms with Gasteiger partial charge in [-0.15, -0.1) is 11.3 Å². The monoisotopic (exact) mass is 402 g/mol. The third-order valence-corrected chi connectivity index (χ3v) is 6.57. The van der Waals surface area contributed by atoms with Crippen molar-refractivity contribution >= 4 is 27.2 Å². The lowest BCUT2D eigenvalue weighted by Crippen LogP contribution is -2.48. The average Bonchev–Trinajstić information content (AvgIpc) is 3.01. The van der Waals surface area contributed by atoms with Crippen molar-refractivity contribution in [2.24, 2.45) is 0 Å². The number of aromatic nitrogens is 1. The molecule has 1 saturated heterocycles. The molecule has 0 spiro atoms. The molecule has 2 rings (SSSR count). The van der Waals surface area contributed by atoms with E-state index in [2.05, 4.69) is 41.3 Å². The number of carbonyl (C=O) groups is 1. The second-order valence-electron chi connectivity index (χ2n) is 7.97. The van der Waals surface area contributed by atoms with Crippen LogP contribution >= 0.6 is 11.3 Å². The second kappa shape index (κ2) is 8.67. The Kier molecular flexibility index (Phi) is 7.04. The third-order valence-electron chi connectivity index (χ3n) is 4.32. The summed E-state index contributed by atoms with van der Waals surface area (Å²) in [6, 6.07) is -0.0463. The zero-order chi connectivity index (χ0) is 19.4. The molecule has 2 amide bonds. The molecule has 1 aliphatic rings. The minimum absolute atomic E-state index is 0.0241. The molecule has 0 aromatic carbocycles. The fourth-order valence-electron chi connectivity index (χ4n) is 2.74. The van der Waals surface area contributed by atoms with E-state index in [1.54, 1.807) is 11.3 Å². The van der Waals surface area contributed by atoms with Crippen LogP contribution in [0.3, 0.4) is 0 Å². The van der Waals surface area contributed by atoms with Gasteiger partial charge < -0.3 is 15.5 Å². The first-order valence-electron chi connectivity index (χ1n) is 8.92. The molecule has 26 heavy (non-hydrogen) atoms. The molecule has 1 aromatic rings. The van der Waals surface area contributed by atoms with Gasteiger partial charge in [-0.25, -0.2) is 18.2 Å². The summed E-state index contributed by atoms with van der Waals surface area (Å²) in [5.74, 6) is 0.190. The number of hydrogen-bond acceptors (Lipinski definition) is 6. The van der Waals surface area contributed by atoms with E-state index in [4.69, 9.17) is 0 Å². The van der Waals surface area contributed by atoms with Crippen molar-refractivity contribution < 1.29 is 13.2 Å². The van der Waals surface area contributed by atoms with Crippen LogP contribution in [0, 0.1) is 0 Å². The first kappa shape index (κ1) is 21.1.